The number of nitrogens with one attached hydrogen (secondary N) is 3. The van der Waals surface area contributed by atoms with Crippen LogP contribution in [0.4, 0.5) is 5.69 Å². The molecule has 0 fully saturated rings. The van der Waals surface area contributed by atoms with Crippen LogP contribution >= 0.6 is 11.8 Å². The lowest BCUT2D eigenvalue weighted by molar-refractivity contribution is -0.120. The van der Waals surface area contributed by atoms with E-state index in [2.05, 4.69) is 16.0 Å². The highest BCUT2D eigenvalue weighted by Gasteiger charge is 2.23. The quantitative estimate of drug-likeness (QED) is 0.714. The summed E-state index contributed by atoms with van der Waals surface area (Å²) in [4.78, 5) is 36.9. The average molecular weight is 383 g/mol. The highest BCUT2D eigenvalue weighted by Crippen LogP contribution is 2.35. The van der Waals surface area contributed by atoms with Crippen molar-refractivity contribution in [1.29, 1.82) is 0 Å². The molecule has 2 aromatic carbocycles. The first-order valence-corrected chi connectivity index (χ1v) is 9.61. The average Bonchev–Trinajstić information content (AvgIpc) is 2.67. The van der Waals surface area contributed by atoms with E-state index in [1.54, 1.807) is 12.1 Å². The number of benzene rings is 2. The van der Waals surface area contributed by atoms with E-state index in [-0.39, 0.29) is 29.5 Å². The fraction of sp³-hybridized carbons (Fsp3) is 0.250. The largest absolute Gasteiger partial charge is 0.354 e. The topological polar surface area (TPSA) is 87.3 Å². The Bertz CT molecular complexity index is 855. The van der Waals surface area contributed by atoms with Gasteiger partial charge in [-0.25, -0.2) is 0 Å². The van der Waals surface area contributed by atoms with Gasteiger partial charge in [-0.15, -0.1) is 11.8 Å². The summed E-state index contributed by atoms with van der Waals surface area (Å²) in [6, 6.07) is 15.0. The van der Waals surface area contributed by atoms with E-state index in [1.807, 2.05) is 43.3 Å². The summed E-state index contributed by atoms with van der Waals surface area (Å²) in [5.41, 5.74) is 2.18. The van der Waals surface area contributed by atoms with Gasteiger partial charge < -0.3 is 16.0 Å². The molecule has 2 aromatic rings. The smallest absolute Gasteiger partial charge is 0.251 e. The van der Waals surface area contributed by atoms with Gasteiger partial charge in [0, 0.05) is 17.0 Å². The first-order chi connectivity index (χ1) is 13.0. The number of anilines is 1. The first-order valence-electron chi connectivity index (χ1n) is 8.73. The van der Waals surface area contributed by atoms with Crippen molar-refractivity contribution in [1.82, 2.24) is 10.6 Å². The van der Waals surface area contributed by atoms with E-state index in [4.69, 9.17) is 0 Å². The first kappa shape index (κ1) is 19.0. The predicted octanol–water partition coefficient (Wildman–Crippen LogP) is 2.21. The summed E-state index contributed by atoms with van der Waals surface area (Å²) in [7, 11) is 0. The molecule has 0 aromatic heterocycles. The fourth-order valence-corrected chi connectivity index (χ4v) is 3.60. The van der Waals surface area contributed by atoms with Crippen LogP contribution in [-0.2, 0) is 16.0 Å². The lowest BCUT2D eigenvalue weighted by Gasteiger charge is -2.21. The zero-order valence-electron chi connectivity index (χ0n) is 15.0. The summed E-state index contributed by atoms with van der Waals surface area (Å²) in [5, 5.41) is 8.03. The van der Waals surface area contributed by atoms with E-state index in [0.717, 1.165) is 16.9 Å². The normalized spacial score (nSPS) is 15.4. The van der Waals surface area contributed by atoms with Crippen molar-refractivity contribution >= 4 is 35.2 Å². The van der Waals surface area contributed by atoms with Crippen LogP contribution in [0.3, 0.4) is 0 Å². The van der Waals surface area contributed by atoms with E-state index in [0.29, 0.717) is 17.8 Å². The van der Waals surface area contributed by atoms with Gasteiger partial charge in [0.1, 0.15) is 0 Å². The molecule has 6 nitrogen and oxygen atoms in total. The molecule has 0 unspecified atom stereocenters. The van der Waals surface area contributed by atoms with Gasteiger partial charge in [-0.2, -0.15) is 0 Å². The molecule has 1 atom stereocenters. The number of hydrogen-bond acceptors (Lipinski definition) is 4. The third kappa shape index (κ3) is 5.10. The third-order valence-corrected chi connectivity index (χ3v) is 5.34. The number of carbonyl (C=O) groups is 3. The van der Waals surface area contributed by atoms with Crippen LogP contribution in [0.1, 0.15) is 22.8 Å². The molecule has 0 saturated carbocycles. The molecule has 0 aliphatic carbocycles. The minimum atomic E-state index is -0.353. The Morgan fingerprint density at radius 1 is 1.11 bits per heavy atom. The van der Waals surface area contributed by atoms with Gasteiger partial charge in [-0.05, 0) is 37.1 Å². The maximum Gasteiger partial charge on any atom is 0.251 e. The summed E-state index contributed by atoms with van der Waals surface area (Å²) >= 11 is 1.46. The van der Waals surface area contributed by atoms with Crippen molar-refractivity contribution in [3.63, 3.8) is 0 Å². The van der Waals surface area contributed by atoms with Gasteiger partial charge in [-0.3, -0.25) is 14.4 Å². The minimum Gasteiger partial charge on any atom is -0.354 e. The Morgan fingerprint density at radius 2 is 1.89 bits per heavy atom. The number of amides is 3. The minimum absolute atomic E-state index is 0.0807. The number of carbonyl (C=O) groups excluding carboxylic acids is 3. The zero-order valence-corrected chi connectivity index (χ0v) is 15.8. The van der Waals surface area contributed by atoms with Crippen LogP contribution in [0.15, 0.2) is 53.4 Å². The van der Waals surface area contributed by atoms with Gasteiger partial charge >= 0.3 is 0 Å². The van der Waals surface area contributed by atoms with Gasteiger partial charge in [0.05, 0.1) is 17.5 Å². The maximum atomic E-state index is 12.3. The van der Waals surface area contributed by atoms with E-state index < -0.39 is 0 Å². The van der Waals surface area contributed by atoms with Crippen LogP contribution in [0.25, 0.3) is 0 Å². The summed E-state index contributed by atoms with van der Waals surface area (Å²) in [5.74, 6) is -0.674. The molecule has 140 valence electrons. The van der Waals surface area contributed by atoms with Crippen molar-refractivity contribution in [3.8, 4) is 0 Å². The third-order valence-electron chi connectivity index (χ3n) is 4.16. The van der Waals surface area contributed by atoms with Crippen molar-refractivity contribution in [2.45, 2.75) is 23.5 Å². The van der Waals surface area contributed by atoms with Crippen LogP contribution in [0.2, 0.25) is 0 Å². The number of rotatable bonds is 6. The number of fused-ring (bicyclic) bond motifs is 1. The Labute approximate surface area is 162 Å². The van der Waals surface area contributed by atoms with Crippen molar-refractivity contribution in [2.75, 3.05) is 18.4 Å². The molecule has 7 heteroatoms. The zero-order chi connectivity index (χ0) is 19.2. The highest BCUT2D eigenvalue weighted by atomic mass is 32.2. The highest BCUT2D eigenvalue weighted by molar-refractivity contribution is 8.00. The lowest BCUT2D eigenvalue weighted by atomic mass is 10.1. The lowest BCUT2D eigenvalue weighted by Crippen LogP contribution is -2.37. The number of hydrogen-bond donors (Lipinski definition) is 3. The Morgan fingerprint density at radius 3 is 2.67 bits per heavy atom. The predicted molar refractivity (Wildman–Crippen MR) is 106 cm³/mol. The van der Waals surface area contributed by atoms with E-state index >= 15 is 0 Å². The Kier molecular flexibility index (Phi) is 6.13. The van der Waals surface area contributed by atoms with Crippen molar-refractivity contribution in [2.24, 2.45) is 0 Å². The molecular weight excluding hydrogens is 362 g/mol. The van der Waals surface area contributed by atoms with Crippen LogP contribution in [-0.4, -0.2) is 36.1 Å². The summed E-state index contributed by atoms with van der Waals surface area (Å²) in [6.07, 6.45) is 0.737. The van der Waals surface area contributed by atoms with Crippen molar-refractivity contribution < 1.29 is 14.4 Å². The standard InChI is InChI=1S/C20H21N3O3S/c1-13-19(25)23-16-11-15(7-8-17(16)27-13)20(26)22-12-18(24)21-10-9-14-5-3-2-4-6-14/h2-8,11,13H,9-10,12H2,1H3,(H,21,24)(H,22,26)(H,23,25)/t13-/m1/s1. The molecule has 1 aliphatic rings. The molecule has 27 heavy (non-hydrogen) atoms. The molecule has 0 spiro atoms. The fourth-order valence-electron chi connectivity index (χ4n) is 2.67. The van der Waals surface area contributed by atoms with Crippen LogP contribution < -0.4 is 16.0 Å². The molecule has 1 aliphatic heterocycles. The molecule has 1 heterocycles. The van der Waals surface area contributed by atoms with Gasteiger partial charge in [0.25, 0.3) is 5.91 Å². The monoisotopic (exact) mass is 383 g/mol. The molecular formula is C20H21N3O3S. The van der Waals surface area contributed by atoms with Gasteiger partial charge in [0.15, 0.2) is 0 Å². The second-order valence-corrected chi connectivity index (χ2v) is 7.61. The van der Waals surface area contributed by atoms with E-state index in [9.17, 15) is 14.4 Å². The summed E-state index contributed by atoms with van der Waals surface area (Å²) < 4.78 is 0. The second-order valence-electron chi connectivity index (χ2n) is 6.23. The van der Waals surface area contributed by atoms with Gasteiger partial charge in [0.2, 0.25) is 11.8 Å². The van der Waals surface area contributed by atoms with Crippen LogP contribution in [0, 0.1) is 0 Å². The summed E-state index contributed by atoms with van der Waals surface area (Å²) in [6.45, 7) is 2.25. The van der Waals surface area contributed by atoms with Crippen molar-refractivity contribution in [3.05, 3.63) is 59.7 Å². The molecule has 3 N–H and O–H groups in total. The Hall–Kier alpha value is -2.80. The Balaban J connectivity index is 1.47. The molecule has 0 bridgehead atoms. The molecule has 3 rings (SSSR count). The second kappa shape index (κ2) is 8.73. The number of thioether (sulfide) groups is 1. The van der Waals surface area contributed by atoms with Crippen LogP contribution in [0.5, 0.6) is 0 Å². The molecule has 0 radical (unpaired) electrons. The molecule has 3 amide bonds. The SMILES string of the molecule is C[C@H]1Sc2ccc(C(=O)NCC(=O)NCCc3ccccc3)cc2NC1=O. The molecule has 0 saturated heterocycles. The maximum absolute atomic E-state index is 12.3. The van der Waals surface area contributed by atoms with Gasteiger partial charge in [-0.1, -0.05) is 30.3 Å². The van der Waals surface area contributed by atoms with E-state index in [1.165, 1.54) is 11.8 Å².